The molecule has 4 nitrogen and oxygen atoms in total. The van der Waals surface area contributed by atoms with Crippen LogP contribution < -0.4 is 0 Å². The van der Waals surface area contributed by atoms with Crippen LogP contribution in [0.1, 0.15) is 6.42 Å². The molecule has 0 aromatic heterocycles. The average Bonchev–Trinajstić information content (AvgIpc) is 1.82. The van der Waals surface area contributed by atoms with Gasteiger partial charge in [0.15, 0.2) is 0 Å². The number of hydrogen-bond acceptors (Lipinski definition) is 3. The molecular weight excluding hydrogens is 167 g/mol. The first-order valence-electron chi connectivity index (χ1n) is 2.91. The zero-order valence-electron chi connectivity index (χ0n) is 5.66. The maximum absolute atomic E-state index is 10.3. The molecule has 11 heavy (non-hydrogen) atoms. The molecule has 2 unspecified atom stereocenters. The van der Waals surface area contributed by atoms with Crippen molar-refractivity contribution in [2.45, 2.75) is 12.2 Å². The van der Waals surface area contributed by atoms with Gasteiger partial charge in [0.1, 0.15) is 6.11 Å². The Balaban J connectivity index is 2.57. The van der Waals surface area contributed by atoms with Gasteiger partial charge in [-0.05, 0) is 0 Å². The van der Waals surface area contributed by atoms with Gasteiger partial charge in [-0.15, -0.1) is 6.58 Å². The zero-order chi connectivity index (χ0) is 8.32. The Labute approximate surface area is 64.8 Å². The Morgan fingerprint density at radius 1 is 1.91 bits per heavy atom. The van der Waals surface area contributed by atoms with E-state index in [1.54, 1.807) is 0 Å². The molecule has 0 aromatic rings. The van der Waals surface area contributed by atoms with E-state index >= 15 is 0 Å². The van der Waals surface area contributed by atoms with E-state index in [1.807, 2.05) is 0 Å². The second-order valence-corrected chi connectivity index (χ2v) is 2.68. The molecule has 1 heterocycles. The van der Waals surface area contributed by atoms with E-state index in [4.69, 9.17) is 4.89 Å². The first-order chi connectivity index (χ1) is 5.18. The Hall–Kier alpha value is -0.750. The van der Waals surface area contributed by atoms with Crippen LogP contribution in [-0.4, -0.2) is 10.7 Å². The minimum absolute atomic E-state index is 0.289. The summed E-state index contributed by atoms with van der Waals surface area (Å²) in [6.45, 7) is 3.43. The molecule has 1 rings (SSSR count). The third kappa shape index (κ3) is 1.84. The molecule has 0 saturated carbocycles. The lowest BCUT2D eigenvalue weighted by Gasteiger charge is -2.27. The molecule has 5 heteroatoms. The van der Waals surface area contributed by atoms with Crippen LogP contribution in [0, 0.1) is 12.0 Å². The van der Waals surface area contributed by atoms with Crippen LogP contribution in [-0.2, 0) is 13.8 Å². The summed E-state index contributed by atoms with van der Waals surface area (Å²) in [5, 5.41) is 0. The number of hydrogen-bond donors (Lipinski definition) is 1. The van der Waals surface area contributed by atoms with Crippen molar-refractivity contribution in [1.29, 1.82) is 0 Å². The predicted molar refractivity (Wildman–Crippen MR) is 38.7 cm³/mol. The summed E-state index contributed by atoms with van der Waals surface area (Å²) in [5.74, 6) is 1.29. The molecule has 0 fully saturated rings. The van der Waals surface area contributed by atoms with Gasteiger partial charge in [0.25, 0.3) is 5.79 Å². The Morgan fingerprint density at radius 3 is 2.82 bits per heavy atom. The molecule has 1 aliphatic heterocycles. The fourth-order valence-electron chi connectivity index (χ4n) is 0.677. The summed E-state index contributed by atoms with van der Waals surface area (Å²) in [6, 6.07) is 0. The highest BCUT2D eigenvalue weighted by atomic mass is 31.1. The summed E-state index contributed by atoms with van der Waals surface area (Å²) in [7, 11) is -3.00. The maximum Gasteiger partial charge on any atom is 0.320 e. The molecule has 0 bridgehead atoms. The molecule has 0 spiro atoms. The van der Waals surface area contributed by atoms with Gasteiger partial charge in [0.2, 0.25) is 0 Å². The Bertz CT molecular complexity index is 251. The van der Waals surface area contributed by atoms with Gasteiger partial charge in [-0.2, -0.15) is 0 Å². The first-order valence-corrected chi connectivity index (χ1v) is 4.18. The van der Waals surface area contributed by atoms with E-state index < -0.39 is 14.0 Å². The normalized spacial score (nSPS) is 28.8. The Kier molecular flexibility index (Phi) is 2.35. The van der Waals surface area contributed by atoms with Crippen LogP contribution in [0.2, 0.25) is 0 Å². The van der Waals surface area contributed by atoms with Gasteiger partial charge in [0.05, 0.1) is 0 Å². The van der Waals surface area contributed by atoms with Crippen LogP contribution in [0.25, 0.3) is 0 Å². The van der Waals surface area contributed by atoms with Gasteiger partial charge in [-0.3, -0.25) is 9.09 Å². The molecule has 0 saturated heterocycles. The largest absolute Gasteiger partial charge is 0.399 e. The third-order valence-corrected chi connectivity index (χ3v) is 1.63. The highest BCUT2D eigenvalue weighted by Gasteiger charge is 2.36. The van der Waals surface area contributed by atoms with E-state index in [1.165, 1.54) is 6.08 Å². The van der Waals surface area contributed by atoms with Gasteiger partial charge in [-0.1, -0.05) is 6.08 Å². The molecule has 0 aromatic carbocycles. The van der Waals surface area contributed by atoms with Gasteiger partial charge < -0.3 is 9.63 Å². The van der Waals surface area contributed by atoms with Crippen LogP contribution in [0.4, 0.5) is 0 Å². The minimum atomic E-state index is -3.00. The maximum atomic E-state index is 10.3. The van der Waals surface area contributed by atoms with Crippen LogP contribution in [0.3, 0.4) is 0 Å². The Morgan fingerprint density at radius 2 is 2.55 bits per heavy atom. The van der Waals surface area contributed by atoms with Crippen molar-refractivity contribution >= 4 is 8.25 Å². The van der Waals surface area contributed by atoms with Crippen molar-refractivity contribution in [3.05, 3.63) is 12.7 Å². The lowest BCUT2D eigenvalue weighted by Crippen LogP contribution is -2.35. The third-order valence-electron chi connectivity index (χ3n) is 1.12. The van der Waals surface area contributed by atoms with Gasteiger partial charge in [-0.25, -0.2) is 0 Å². The van der Waals surface area contributed by atoms with Gasteiger partial charge >= 0.3 is 8.25 Å². The summed E-state index contributed by atoms with van der Waals surface area (Å²) in [4.78, 5) is 8.42. The SMILES string of the molecule is C=CCC1(O[PH](=O)O)C#CO1. The van der Waals surface area contributed by atoms with E-state index in [-0.39, 0.29) is 6.42 Å². The molecular formula is C6H7O4P. The molecule has 60 valence electrons. The van der Waals surface area contributed by atoms with E-state index in [0.29, 0.717) is 0 Å². The monoisotopic (exact) mass is 174 g/mol. The van der Waals surface area contributed by atoms with Crippen molar-refractivity contribution in [1.82, 2.24) is 0 Å². The second-order valence-electron chi connectivity index (χ2n) is 1.94. The summed E-state index contributed by atoms with van der Waals surface area (Å²) in [6.07, 6.45) is 4.04. The van der Waals surface area contributed by atoms with Crippen molar-refractivity contribution in [2.75, 3.05) is 0 Å². The second kappa shape index (κ2) is 3.10. The zero-order valence-corrected chi connectivity index (χ0v) is 6.66. The standard InChI is InChI=1S/C6H7O4P/c1-2-3-6(4-5-9-6)10-11(7)8/h2,11H,1,3H2,(H,7,8). The van der Waals surface area contributed by atoms with Crippen molar-refractivity contribution in [2.24, 2.45) is 0 Å². The summed E-state index contributed by atoms with van der Waals surface area (Å²) < 4.78 is 19.5. The molecule has 1 aliphatic rings. The highest BCUT2D eigenvalue weighted by molar-refractivity contribution is 7.32. The van der Waals surface area contributed by atoms with E-state index in [0.717, 1.165) is 0 Å². The molecule has 0 aliphatic carbocycles. The molecule has 1 N–H and O–H groups in total. The van der Waals surface area contributed by atoms with Crippen molar-refractivity contribution in [3.8, 4) is 12.0 Å². The van der Waals surface area contributed by atoms with E-state index in [9.17, 15) is 4.57 Å². The molecule has 0 amide bonds. The van der Waals surface area contributed by atoms with Crippen LogP contribution in [0.5, 0.6) is 0 Å². The lowest BCUT2D eigenvalue weighted by atomic mass is 10.2. The minimum Gasteiger partial charge on any atom is -0.399 e. The van der Waals surface area contributed by atoms with Crippen molar-refractivity contribution < 1.29 is 18.7 Å². The summed E-state index contributed by atoms with van der Waals surface area (Å²) in [5.41, 5.74) is 0. The lowest BCUT2D eigenvalue weighted by molar-refractivity contribution is -0.103. The fraction of sp³-hybridized carbons (Fsp3) is 0.333. The fourth-order valence-corrected chi connectivity index (χ4v) is 1.13. The average molecular weight is 174 g/mol. The molecule has 0 radical (unpaired) electrons. The summed E-state index contributed by atoms with van der Waals surface area (Å²) >= 11 is 0. The van der Waals surface area contributed by atoms with Crippen LogP contribution in [0.15, 0.2) is 12.7 Å². The number of rotatable bonds is 4. The van der Waals surface area contributed by atoms with E-state index in [2.05, 4.69) is 27.9 Å². The van der Waals surface area contributed by atoms with Crippen LogP contribution >= 0.6 is 8.25 Å². The number of ether oxygens (including phenoxy) is 1. The smallest absolute Gasteiger partial charge is 0.320 e. The van der Waals surface area contributed by atoms with Gasteiger partial charge in [0, 0.05) is 12.3 Å². The predicted octanol–water partition coefficient (Wildman–Crippen LogP) is 0.648. The molecule has 2 atom stereocenters. The topological polar surface area (TPSA) is 55.8 Å². The van der Waals surface area contributed by atoms with Crippen molar-refractivity contribution in [3.63, 3.8) is 0 Å². The quantitative estimate of drug-likeness (QED) is 0.386. The highest BCUT2D eigenvalue weighted by Crippen LogP contribution is 2.32. The first kappa shape index (κ1) is 8.35.